The number of nitrogens with zero attached hydrogens (tertiary/aromatic N) is 3. The van der Waals surface area contributed by atoms with Crippen molar-refractivity contribution in [3.63, 3.8) is 0 Å². The van der Waals surface area contributed by atoms with Crippen LogP contribution in [0.25, 0.3) is 11.1 Å². The number of likely N-dealkylation sites (tertiary alicyclic amines) is 1. The zero-order valence-electron chi connectivity index (χ0n) is 19.8. The van der Waals surface area contributed by atoms with Crippen LogP contribution >= 0.6 is 0 Å². The Hall–Kier alpha value is -4.14. The van der Waals surface area contributed by atoms with E-state index in [2.05, 4.69) is 27.8 Å². The summed E-state index contributed by atoms with van der Waals surface area (Å²) < 4.78 is 5.28. The number of hydrogen-bond donors (Lipinski definition) is 3. The van der Waals surface area contributed by atoms with Crippen LogP contribution in [0.1, 0.15) is 36.0 Å². The van der Waals surface area contributed by atoms with Gasteiger partial charge in [0.25, 0.3) is 5.91 Å². The van der Waals surface area contributed by atoms with E-state index in [9.17, 15) is 9.59 Å². The molecular weight excluding hydrogens is 456 g/mol. The monoisotopic (exact) mass is 484 g/mol. The van der Waals surface area contributed by atoms with Crippen molar-refractivity contribution in [2.45, 2.75) is 31.2 Å². The maximum absolute atomic E-state index is 12.8. The maximum Gasteiger partial charge on any atom is 0.253 e. The van der Waals surface area contributed by atoms with Crippen LogP contribution < -0.4 is 16.4 Å². The highest BCUT2D eigenvalue weighted by Gasteiger charge is 2.53. The number of carbonyl (C=O) groups excluding carboxylic acids is 2. The smallest absolute Gasteiger partial charge is 0.253 e. The van der Waals surface area contributed by atoms with Gasteiger partial charge in [-0.2, -0.15) is 4.98 Å². The van der Waals surface area contributed by atoms with Crippen molar-refractivity contribution in [1.29, 1.82) is 0 Å². The molecule has 6 rings (SSSR count). The van der Waals surface area contributed by atoms with E-state index in [0.29, 0.717) is 40.9 Å². The van der Waals surface area contributed by atoms with Crippen molar-refractivity contribution in [2.75, 3.05) is 23.7 Å². The highest BCUT2D eigenvalue weighted by atomic mass is 16.3. The number of anilines is 3. The molecule has 1 saturated heterocycles. The van der Waals surface area contributed by atoms with E-state index in [4.69, 9.17) is 15.1 Å². The molecule has 2 amide bonds. The van der Waals surface area contributed by atoms with Crippen molar-refractivity contribution >= 4 is 29.3 Å². The molecule has 2 fully saturated rings. The number of aromatic nitrogens is 2. The second-order valence-electron chi connectivity index (χ2n) is 9.82. The zero-order chi connectivity index (χ0) is 24.7. The van der Waals surface area contributed by atoms with Crippen molar-refractivity contribution in [3.05, 3.63) is 66.8 Å². The highest BCUT2D eigenvalue weighted by molar-refractivity contribution is 5.95. The lowest BCUT2D eigenvalue weighted by molar-refractivity contribution is -0.123. The third-order valence-electron chi connectivity index (χ3n) is 7.55. The first kappa shape index (κ1) is 22.3. The number of nitrogens with two attached hydrogens (primary N) is 1. The predicted octanol–water partition coefficient (Wildman–Crippen LogP) is 3.95. The normalized spacial score (nSPS) is 24.3. The quantitative estimate of drug-likeness (QED) is 0.434. The molecule has 1 aromatic carbocycles. The summed E-state index contributed by atoms with van der Waals surface area (Å²) in [5.41, 5.74) is 7.86. The number of primary amides is 1. The summed E-state index contributed by atoms with van der Waals surface area (Å²) in [6, 6.07) is 9.16. The number of amides is 2. The molecule has 0 unspecified atom stereocenters. The number of nitrogens with one attached hydrogen (secondary N) is 2. The molecule has 9 nitrogen and oxygen atoms in total. The van der Waals surface area contributed by atoms with Gasteiger partial charge in [0.15, 0.2) is 0 Å². The summed E-state index contributed by atoms with van der Waals surface area (Å²) >= 11 is 0. The first-order valence-electron chi connectivity index (χ1n) is 12.3. The molecule has 3 aromatic rings. The molecule has 3 atom stereocenters. The lowest BCUT2D eigenvalue weighted by atomic mass is 9.83. The molecule has 36 heavy (non-hydrogen) atoms. The van der Waals surface area contributed by atoms with E-state index < -0.39 is 11.4 Å². The first-order chi connectivity index (χ1) is 17.5. The zero-order valence-corrected chi connectivity index (χ0v) is 19.8. The fourth-order valence-corrected chi connectivity index (χ4v) is 5.68. The Bertz CT molecular complexity index is 1330. The highest BCUT2D eigenvalue weighted by Crippen LogP contribution is 2.48. The van der Waals surface area contributed by atoms with E-state index in [0.717, 1.165) is 37.9 Å². The number of benzene rings is 1. The second-order valence-corrected chi connectivity index (χ2v) is 9.82. The van der Waals surface area contributed by atoms with Crippen molar-refractivity contribution in [1.82, 2.24) is 14.9 Å². The van der Waals surface area contributed by atoms with Gasteiger partial charge in [-0.3, -0.25) is 9.59 Å². The molecule has 0 spiro atoms. The van der Waals surface area contributed by atoms with Gasteiger partial charge >= 0.3 is 0 Å². The fraction of sp³-hybridized carbons (Fsp3) is 0.333. The molecule has 4 N–H and O–H groups in total. The van der Waals surface area contributed by atoms with Crippen LogP contribution in [0, 0.1) is 11.8 Å². The largest absolute Gasteiger partial charge is 0.472 e. The fourth-order valence-electron chi connectivity index (χ4n) is 5.68. The molecule has 3 aliphatic rings. The number of carbonyl (C=O) groups is 2. The van der Waals surface area contributed by atoms with Crippen LogP contribution in [-0.2, 0) is 4.79 Å². The predicted molar refractivity (Wildman–Crippen MR) is 135 cm³/mol. The van der Waals surface area contributed by atoms with Crippen LogP contribution in [0.2, 0.25) is 0 Å². The summed E-state index contributed by atoms with van der Waals surface area (Å²) in [4.78, 5) is 36.7. The topological polar surface area (TPSA) is 126 Å². The number of fused-ring (bicyclic) bond motifs is 2. The molecular formula is C27H28N6O3. The summed E-state index contributed by atoms with van der Waals surface area (Å²) in [6.07, 6.45) is 12.7. The van der Waals surface area contributed by atoms with Crippen molar-refractivity contribution < 1.29 is 14.0 Å². The summed E-state index contributed by atoms with van der Waals surface area (Å²) in [5.74, 6) is 0.813. The van der Waals surface area contributed by atoms with Gasteiger partial charge in [-0.05, 0) is 55.9 Å². The van der Waals surface area contributed by atoms with Crippen molar-refractivity contribution in [3.8, 4) is 11.1 Å². The number of furan rings is 1. The van der Waals surface area contributed by atoms with E-state index in [1.54, 1.807) is 18.7 Å². The van der Waals surface area contributed by atoms with Crippen LogP contribution in [0.15, 0.2) is 65.6 Å². The number of allylic oxidation sites excluding steroid dienone is 1. The molecule has 184 valence electrons. The lowest BCUT2D eigenvalue weighted by Gasteiger charge is -2.34. The Morgan fingerprint density at radius 3 is 2.72 bits per heavy atom. The lowest BCUT2D eigenvalue weighted by Crippen LogP contribution is -2.53. The second kappa shape index (κ2) is 8.82. The SMILES string of the molecule is NC(=O)[C@]1(Nc2nc(Nc3cccc(C(=O)N4CCCC4)c3)ncc2-c2ccoc2)C[C@@H]2C=C[C@@H]1C2. The minimum absolute atomic E-state index is 0.0110. The van der Waals surface area contributed by atoms with Gasteiger partial charge in [-0.15, -0.1) is 0 Å². The van der Waals surface area contributed by atoms with E-state index >= 15 is 0 Å². The Morgan fingerprint density at radius 2 is 2.03 bits per heavy atom. The van der Waals surface area contributed by atoms with Gasteiger partial charge in [0.05, 0.1) is 12.5 Å². The minimum atomic E-state index is -0.911. The standard InChI is InChI=1S/C27H28N6O3/c28-25(35)27(14-17-6-7-20(27)12-17)32-23-22(19-8-11-36-16-19)15-29-26(31-23)30-21-5-3-4-18(13-21)24(34)33-9-1-2-10-33/h3-8,11,13,15-17,20H,1-2,9-10,12,14H2,(H2,28,35)(H2,29,30,31,32)/t17-,20-,27+/m1/s1. The molecule has 0 radical (unpaired) electrons. The number of rotatable bonds is 7. The van der Waals surface area contributed by atoms with Crippen LogP contribution in [0.5, 0.6) is 0 Å². The molecule has 1 saturated carbocycles. The van der Waals surface area contributed by atoms with Gasteiger partial charge in [-0.25, -0.2) is 4.98 Å². The van der Waals surface area contributed by atoms with E-state index in [1.165, 1.54) is 0 Å². The Morgan fingerprint density at radius 1 is 1.17 bits per heavy atom. The molecule has 1 aliphatic heterocycles. The minimum Gasteiger partial charge on any atom is -0.472 e. The third kappa shape index (κ3) is 3.90. The summed E-state index contributed by atoms with van der Waals surface area (Å²) in [6.45, 7) is 1.59. The Labute approximate surface area is 208 Å². The Kier molecular flexibility index (Phi) is 5.47. The maximum atomic E-state index is 12.8. The number of hydrogen-bond acceptors (Lipinski definition) is 7. The molecule has 2 aliphatic carbocycles. The summed E-state index contributed by atoms with van der Waals surface area (Å²) in [5, 5.41) is 6.63. The molecule has 9 heteroatoms. The van der Waals surface area contributed by atoms with Gasteiger partial charge in [-0.1, -0.05) is 18.2 Å². The van der Waals surface area contributed by atoms with Crippen molar-refractivity contribution in [2.24, 2.45) is 17.6 Å². The van der Waals surface area contributed by atoms with Gasteiger partial charge in [0.2, 0.25) is 11.9 Å². The average Bonchev–Trinajstić information content (AvgIpc) is 3.69. The van der Waals surface area contributed by atoms with Crippen LogP contribution in [-0.4, -0.2) is 45.3 Å². The average molecular weight is 485 g/mol. The molecule has 2 bridgehead atoms. The van der Waals surface area contributed by atoms with Crippen LogP contribution in [0.4, 0.5) is 17.5 Å². The molecule has 3 heterocycles. The third-order valence-corrected chi connectivity index (χ3v) is 7.55. The van der Waals surface area contributed by atoms with E-state index in [-0.39, 0.29) is 11.8 Å². The van der Waals surface area contributed by atoms with Crippen LogP contribution in [0.3, 0.4) is 0 Å². The first-order valence-corrected chi connectivity index (χ1v) is 12.3. The molecule has 2 aromatic heterocycles. The van der Waals surface area contributed by atoms with E-state index in [1.807, 2.05) is 35.2 Å². The van der Waals surface area contributed by atoms with Gasteiger partial charge in [0.1, 0.15) is 11.4 Å². The Balaban J connectivity index is 1.32. The van der Waals surface area contributed by atoms with Gasteiger partial charge in [0, 0.05) is 47.6 Å². The van der Waals surface area contributed by atoms with Gasteiger partial charge < -0.3 is 25.7 Å². The summed E-state index contributed by atoms with van der Waals surface area (Å²) in [7, 11) is 0.